The van der Waals surface area contributed by atoms with E-state index in [-0.39, 0.29) is 11.9 Å². The highest BCUT2D eigenvalue weighted by Crippen LogP contribution is 2.31. The predicted octanol–water partition coefficient (Wildman–Crippen LogP) is 3.53. The van der Waals surface area contributed by atoms with Crippen LogP contribution in [-0.2, 0) is 4.79 Å². The Balaban J connectivity index is 2.04. The molecule has 1 aromatic rings. The van der Waals surface area contributed by atoms with Crippen LogP contribution in [0, 0.1) is 0 Å². The average molecular weight is 348 g/mol. The zero-order valence-electron chi connectivity index (χ0n) is 16.2. The van der Waals surface area contributed by atoms with Crippen molar-refractivity contribution in [2.24, 2.45) is 0 Å². The SMILES string of the molecule is CCC(CC)N(CC(=O)NC(C)c1cc(OC)ccc1OC)C1CC1. The summed E-state index contributed by atoms with van der Waals surface area (Å²) in [5, 5.41) is 3.12. The van der Waals surface area contributed by atoms with E-state index < -0.39 is 0 Å². The van der Waals surface area contributed by atoms with Gasteiger partial charge in [0.15, 0.2) is 0 Å². The highest BCUT2D eigenvalue weighted by molar-refractivity contribution is 5.78. The third kappa shape index (κ3) is 5.11. The van der Waals surface area contributed by atoms with E-state index in [2.05, 4.69) is 24.1 Å². The number of carbonyl (C=O) groups excluding carboxylic acids is 1. The maximum absolute atomic E-state index is 12.6. The molecule has 25 heavy (non-hydrogen) atoms. The third-order valence-corrected chi connectivity index (χ3v) is 5.03. The Labute approximate surface area is 151 Å². The number of hydrogen-bond acceptors (Lipinski definition) is 4. The predicted molar refractivity (Wildman–Crippen MR) is 100 cm³/mol. The molecule has 1 unspecified atom stereocenters. The van der Waals surface area contributed by atoms with Crippen molar-refractivity contribution in [1.82, 2.24) is 10.2 Å². The normalized spacial score (nSPS) is 15.3. The van der Waals surface area contributed by atoms with Crippen molar-refractivity contribution in [3.63, 3.8) is 0 Å². The molecule has 1 saturated carbocycles. The van der Waals surface area contributed by atoms with Gasteiger partial charge in [0, 0.05) is 17.6 Å². The van der Waals surface area contributed by atoms with Gasteiger partial charge in [0.2, 0.25) is 5.91 Å². The molecule has 5 heteroatoms. The fraction of sp³-hybridized carbons (Fsp3) is 0.650. The van der Waals surface area contributed by atoms with Gasteiger partial charge >= 0.3 is 0 Å². The number of amides is 1. The molecule has 5 nitrogen and oxygen atoms in total. The summed E-state index contributed by atoms with van der Waals surface area (Å²) in [5.74, 6) is 1.58. The van der Waals surface area contributed by atoms with E-state index in [0.29, 0.717) is 18.6 Å². The van der Waals surface area contributed by atoms with Crippen molar-refractivity contribution in [1.29, 1.82) is 0 Å². The van der Waals surface area contributed by atoms with Crippen molar-refractivity contribution < 1.29 is 14.3 Å². The van der Waals surface area contributed by atoms with Crippen LogP contribution in [0.3, 0.4) is 0 Å². The molecule has 0 aliphatic heterocycles. The summed E-state index contributed by atoms with van der Waals surface area (Å²) in [6.45, 7) is 6.85. The summed E-state index contributed by atoms with van der Waals surface area (Å²) in [4.78, 5) is 15.0. The highest BCUT2D eigenvalue weighted by atomic mass is 16.5. The van der Waals surface area contributed by atoms with Gasteiger partial charge in [0.25, 0.3) is 0 Å². The fourth-order valence-electron chi connectivity index (χ4n) is 3.43. The van der Waals surface area contributed by atoms with Gasteiger partial charge in [-0.25, -0.2) is 0 Å². The molecule has 1 N–H and O–H groups in total. The first-order valence-corrected chi connectivity index (χ1v) is 9.30. The summed E-state index contributed by atoms with van der Waals surface area (Å²) < 4.78 is 10.7. The maximum Gasteiger partial charge on any atom is 0.234 e. The van der Waals surface area contributed by atoms with Gasteiger partial charge in [-0.1, -0.05) is 13.8 Å². The number of rotatable bonds is 10. The van der Waals surface area contributed by atoms with Gasteiger partial charge in [-0.15, -0.1) is 0 Å². The van der Waals surface area contributed by atoms with Crippen LogP contribution >= 0.6 is 0 Å². The van der Waals surface area contributed by atoms with Crippen LogP contribution < -0.4 is 14.8 Å². The number of ether oxygens (including phenoxy) is 2. The molecule has 0 spiro atoms. The molecule has 0 heterocycles. The summed E-state index contributed by atoms with van der Waals surface area (Å²) in [5.41, 5.74) is 0.927. The number of nitrogens with zero attached hydrogens (tertiary/aromatic N) is 1. The Hall–Kier alpha value is -1.75. The van der Waals surface area contributed by atoms with Crippen LogP contribution in [0.5, 0.6) is 11.5 Å². The Morgan fingerprint density at radius 1 is 1.24 bits per heavy atom. The second-order valence-electron chi connectivity index (χ2n) is 6.77. The Kier molecular flexibility index (Phi) is 7.12. The van der Waals surface area contributed by atoms with Crippen LogP contribution in [0.1, 0.15) is 58.1 Å². The largest absolute Gasteiger partial charge is 0.497 e. The lowest BCUT2D eigenvalue weighted by molar-refractivity contribution is -0.123. The minimum atomic E-state index is -0.139. The molecule has 2 rings (SSSR count). The van der Waals surface area contributed by atoms with Crippen LogP contribution in [-0.4, -0.2) is 43.7 Å². The molecule has 0 aromatic heterocycles. The molecule has 1 atom stereocenters. The standard InChI is InChI=1S/C20H32N2O3/c1-6-15(7-2)22(16-8-9-16)13-20(23)21-14(3)18-12-17(24-4)10-11-19(18)25-5/h10-12,14-16H,6-9,13H2,1-5H3,(H,21,23). The molecule has 0 radical (unpaired) electrons. The Morgan fingerprint density at radius 2 is 1.92 bits per heavy atom. The summed E-state index contributed by atoms with van der Waals surface area (Å²) in [6, 6.07) is 6.58. The topological polar surface area (TPSA) is 50.8 Å². The first kappa shape index (κ1) is 19.6. The first-order chi connectivity index (χ1) is 12.0. The van der Waals surface area contributed by atoms with E-state index in [9.17, 15) is 4.79 Å². The summed E-state index contributed by atoms with van der Waals surface area (Å²) in [7, 11) is 3.28. The monoisotopic (exact) mass is 348 g/mol. The number of hydrogen-bond donors (Lipinski definition) is 1. The van der Waals surface area contributed by atoms with Gasteiger partial charge in [0.1, 0.15) is 11.5 Å². The zero-order chi connectivity index (χ0) is 18.4. The molecule has 1 fully saturated rings. The molecule has 0 bridgehead atoms. The van der Waals surface area contributed by atoms with E-state index in [1.165, 1.54) is 12.8 Å². The fourth-order valence-corrected chi connectivity index (χ4v) is 3.43. The second-order valence-corrected chi connectivity index (χ2v) is 6.77. The lowest BCUT2D eigenvalue weighted by Gasteiger charge is -2.30. The molecule has 140 valence electrons. The van der Waals surface area contributed by atoms with E-state index in [4.69, 9.17) is 9.47 Å². The molecule has 1 aliphatic rings. The lowest BCUT2D eigenvalue weighted by atomic mass is 10.1. The van der Waals surface area contributed by atoms with Crippen molar-refractivity contribution in [2.45, 2.75) is 64.6 Å². The maximum atomic E-state index is 12.6. The third-order valence-electron chi connectivity index (χ3n) is 5.03. The molecular formula is C20H32N2O3. The van der Waals surface area contributed by atoms with E-state index in [0.717, 1.165) is 29.9 Å². The molecule has 1 amide bonds. The average Bonchev–Trinajstić information content (AvgIpc) is 3.46. The molecule has 1 aromatic carbocycles. The van der Waals surface area contributed by atoms with Crippen molar-refractivity contribution in [2.75, 3.05) is 20.8 Å². The van der Waals surface area contributed by atoms with Crippen LogP contribution in [0.4, 0.5) is 0 Å². The second kappa shape index (κ2) is 9.09. The van der Waals surface area contributed by atoms with Gasteiger partial charge < -0.3 is 14.8 Å². The van der Waals surface area contributed by atoms with Gasteiger partial charge in [-0.2, -0.15) is 0 Å². The summed E-state index contributed by atoms with van der Waals surface area (Å²) in [6.07, 6.45) is 4.59. The summed E-state index contributed by atoms with van der Waals surface area (Å²) >= 11 is 0. The van der Waals surface area contributed by atoms with Gasteiger partial charge in [-0.3, -0.25) is 9.69 Å². The number of methoxy groups -OCH3 is 2. The minimum absolute atomic E-state index is 0.0659. The minimum Gasteiger partial charge on any atom is -0.497 e. The highest BCUT2D eigenvalue weighted by Gasteiger charge is 2.34. The van der Waals surface area contributed by atoms with Crippen LogP contribution in [0.2, 0.25) is 0 Å². The van der Waals surface area contributed by atoms with Crippen LogP contribution in [0.15, 0.2) is 18.2 Å². The molecule has 0 saturated heterocycles. The lowest BCUT2D eigenvalue weighted by Crippen LogP contribution is -2.44. The van der Waals surface area contributed by atoms with Crippen molar-refractivity contribution in [3.05, 3.63) is 23.8 Å². The quantitative estimate of drug-likeness (QED) is 0.703. The number of benzene rings is 1. The molecular weight excluding hydrogens is 316 g/mol. The van der Waals surface area contributed by atoms with Crippen molar-refractivity contribution in [3.8, 4) is 11.5 Å². The van der Waals surface area contributed by atoms with E-state index >= 15 is 0 Å². The van der Waals surface area contributed by atoms with E-state index in [1.54, 1.807) is 14.2 Å². The number of carbonyl (C=O) groups is 1. The van der Waals surface area contributed by atoms with Gasteiger partial charge in [-0.05, 0) is 50.8 Å². The number of nitrogens with one attached hydrogen (secondary N) is 1. The Bertz CT molecular complexity index is 568. The smallest absolute Gasteiger partial charge is 0.234 e. The van der Waals surface area contributed by atoms with E-state index in [1.807, 2.05) is 25.1 Å². The van der Waals surface area contributed by atoms with Crippen LogP contribution in [0.25, 0.3) is 0 Å². The molecule has 1 aliphatic carbocycles. The zero-order valence-corrected chi connectivity index (χ0v) is 16.2. The Morgan fingerprint density at radius 3 is 2.44 bits per heavy atom. The first-order valence-electron chi connectivity index (χ1n) is 9.30. The van der Waals surface area contributed by atoms with Crippen molar-refractivity contribution >= 4 is 5.91 Å². The van der Waals surface area contributed by atoms with Gasteiger partial charge in [0.05, 0.1) is 26.8 Å².